The molecule has 0 saturated carbocycles. The summed E-state index contributed by atoms with van der Waals surface area (Å²) in [6, 6.07) is 0. The summed E-state index contributed by atoms with van der Waals surface area (Å²) in [5.74, 6) is 0. The summed E-state index contributed by atoms with van der Waals surface area (Å²) in [6.07, 6.45) is 40.2. The standard InChI is InChI=1S/6C6H12.2C4H8/c6*1-3-5-6-4-2;2*1-3-4-2/h6*3H,1,4-6H2,2H3;2*3H,1,4H2,2H3. The molecule has 0 unspecified atom stereocenters. The minimum atomic E-state index is 1.08. The highest BCUT2D eigenvalue weighted by Crippen LogP contribution is 1.94. The van der Waals surface area contributed by atoms with Gasteiger partial charge in [0.05, 0.1) is 0 Å². The Morgan fingerprint density at radius 3 is 0.386 bits per heavy atom. The van der Waals surface area contributed by atoms with Crippen LogP contribution in [0, 0.1) is 0 Å². The summed E-state index contributed by atoms with van der Waals surface area (Å²) in [5.41, 5.74) is 0. The Bertz CT molecular complexity index is 363. The molecule has 0 aromatic carbocycles. The number of allylic oxidation sites excluding steroid dienone is 8. The van der Waals surface area contributed by atoms with Gasteiger partial charge in [0.2, 0.25) is 0 Å². The largest absolute Gasteiger partial charge is 0.103 e. The molecule has 0 nitrogen and oxygen atoms in total. The van der Waals surface area contributed by atoms with E-state index in [4.69, 9.17) is 0 Å². The van der Waals surface area contributed by atoms with E-state index in [0.29, 0.717) is 0 Å². The van der Waals surface area contributed by atoms with Crippen LogP contribution in [0.15, 0.2) is 101 Å². The molecule has 0 heterocycles. The van der Waals surface area contributed by atoms with Crippen LogP contribution < -0.4 is 0 Å². The SMILES string of the molecule is C=CCC.C=CCC.C=CCCCC.C=CCCCC.C=CCCCC.C=CCCCC.C=CCCCC.C=CCCCC. The third-order valence-corrected chi connectivity index (χ3v) is 5.15. The molecule has 0 heteroatoms. The molecular weight excluding hydrogens is 528 g/mol. The third-order valence-electron chi connectivity index (χ3n) is 5.15. The van der Waals surface area contributed by atoms with Gasteiger partial charge >= 0.3 is 0 Å². The zero-order chi connectivity index (χ0) is 35.8. The fourth-order valence-corrected chi connectivity index (χ4v) is 2.09. The fraction of sp³-hybridized carbons (Fsp3) is 0.636. The Morgan fingerprint density at radius 2 is 0.364 bits per heavy atom. The Morgan fingerprint density at radius 1 is 0.250 bits per heavy atom. The van der Waals surface area contributed by atoms with Gasteiger partial charge < -0.3 is 0 Å². The van der Waals surface area contributed by atoms with Crippen molar-refractivity contribution in [2.24, 2.45) is 0 Å². The maximum absolute atomic E-state index is 3.60. The van der Waals surface area contributed by atoms with Crippen LogP contribution >= 0.6 is 0 Å². The van der Waals surface area contributed by atoms with Gasteiger partial charge in [-0.05, 0) is 51.4 Å². The fourth-order valence-electron chi connectivity index (χ4n) is 2.09. The van der Waals surface area contributed by atoms with Gasteiger partial charge in [-0.15, -0.1) is 52.6 Å². The maximum atomic E-state index is 3.60. The Hall–Kier alpha value is -2.08. The molecule has 0 spiro atoms. The zero-order valence-electron chi connectivity index (χ0n) is 32.4. The highest BCUT2D eigenvalue weighted by molar-refractivity contribution is 4.66. The van der Waals surface area contributed by atoms with Crippen molar-refractivity contribution in [2.45, 2.75) is 184 Å². The van der Waals surface area contributed by atoms with E-state index in [1.165, 1.54) is 116 Å². The van der Waals surface area contributed by atoms with Crippen molar-refractivity contribution in [3.8, 4) is 0 Å². The van der Waals surface area contributed by atoms with Crippen LogP contribution in [0.1, 0.15) is 184 Å². The highest BCUT2D eigenvalue weighted by Gasteiger charge is 1.74. The molecule has 0 aromatic heterocycles. The second-order valence-electron chi connectivity index (χ2n) is 9.98. The van der Waals surface area contributed by atoms with Gasteiger partial charge in [-0.2, -0.15) is 0 Å². The molecule has 0 fully saturated rings. The van der Waals surface area contributed by atoms with E-state index in [2.05, 4.69) is 108 Å². The molecular formula is C44H88. The first-order chi connectivity index (χ1) is 21.3. The Balaban J connectivity index is -0.0000000564. The molecule has 0 aliphatic heterocycles. The van der Waals surface area contributed by atoms with Crippen molar-refractivity contribution in [3.63, 3.8) is 0 Å². The first-order valence-corrected chi connectivity index (χ1v) is 18.2. The predicted molar refractivity (Wildman–Crippen MR) is 219 cm³/mol. The molecule has 0 saturated heterocycles. The lowest BCUT2D eigenvalue weighted by molar-refractivity contribution is 0.816. The van der Waals surface area contributed by atoms with Crippen LogP contribution in [0.3, 0.4) is 0 Å². The summed E-state index contributed by atoms with van der Waals surface area (Å²) in [6.45, 7) is 45.8. The van der Waals surface area contributed by atoms with E-state index in [9.17, 15) is 0 Å². The van der Waals surface area contributed by atoms with Gasteiger partial charge in [0, 0.05) is 0 Å². The number of hydrogen-bond acceptors (Lipinski definition) is 0. The average Bonchev–Trinajstić information content (AvgIpc) is 3.07. The quantitative estimate of drug-likeness (QED) is 0.0942. The average molecular weight is 617 g/mol. The van der Waals surface area contributed by atoms with E-state index in [-0.39, 0.29) is 0 Å². The van der Waals surface area contributed by atoms with Crippen molar-refractivity contribution < 1.29 is 0 Å². The lowest BCUT2D eigenvalue weighted by atomic mass is 10.3. The maximum Gasteiger partial charge on any atom is -0.0354 e. The summed E-state index contributed by atoms with van der Waals surface area (Å²) >= 11 is 0. The molecule has 264 valence electrons. The summed E-state index contributed by atoms with van der Waals surface area (Å²) in [4.78, 5) is 0. The van der Waals surface area contributed by atoms with Crippen molar-refractivity contribution >= 4 is 0 Å². The first-order valence-electron chi connectivity index (χ1n) is 18.2. The molecule has 44 heavy (non-hydrogen) atoms. The summed E-state index contributed by atoms with van der Waals surface area (Å²) in [5, 5.41) is 0. The van der Waals surface area contributed by atoms with Gasteiger partial charge in [0.15, 0.2) is 0 Å². The van der Waals surface area contributed by atoms with Crippen molar-refractivity contribution in [1.29, 1.82) is 0 Å². The molecule has 0 aromatic rings. The normalized spacial score (nSPS) is 7.82. The van der Waals surface area contributed by atoms with E-state index < -0.39 is 0 Å². The predicted octanol–water partition coefficient (Wildman–Crippen LogP) is 17.3. The molecule has 0 aliphatic rings. The van der Waals surface area contributed by atoms with Gasteiger partial charge in [-0.3, -0.25) is 0 Å². The van der Waals surface area contributed by atoms with E-state index in [1.54, 1.807) is 0 Å². The number of rotatable bonds is 20. The van der Waals surface area contributed by atoms with Gasteiger partial charge in [0.25, 0.3) is 0 Å². The van der Waals surface area contributed by atoms with Crippen molar-refractivity contribution in [2.75, 3.05) is 0 Å². The first kappa shape index (κ1) is 61.0. The third kappa shape index (κ3) is 188. The smallest absolute Gasteiger partial charge is 0.0354 e. The lowest BCUT2D eigenvalue weighted by Gasteiger charge is -1.81. The highest BCUT2D eigenvalue weighted by atomic mass is 13.8. The Labute approximate surface area is 284 Å². The monoisotopic (exact) mass is 617 g/mol. The minimum Gasteiger partial charge on any atom is -0.103 e. The van der Waals surface area contributed by atoms with Gasteiger partial charge in [-0.1, -0.05) is 181 Å². The molecule has 0 N–H and O–H groups in total. The zero-order valence-corrected chi connectivity index (χ0v) is 32.4. The van der Waals surface area contributed by atoms with Crippen LogP contribution in [-0.2, 0) is 0 Å². The van der Waals surface area contributed by atoms with Crippen LogP contribution in [0.25, 0.3) is 0 Å². The lowest BCUT2D eigenvalue weighted by Crippen LogP contribution is -1.61. The van der Waals surface area contributed by atoms with Crippen LogP contribution in [0.4, 0.5) is 0 Å². The molecule has 0 radical (unpaired) electrons. The molecule has 0 atom stereocenters. The van der Waals surface area contributed by atoms with Crippen molar-refractivity contribution in [1.82, 2.24) is 0 Å². The van der Waals surface area contributed by atoms with Crippen LogP contribution in [-0.4, -0.2) is 0 Å². The molecule has 0 aliphatic carbocycles. The molecule has 0 bridgehead atoms. The number of unbranched alkanes of at least 4 members (excludes halogenated alkanes) is 12. The summed E-state index contributed by atoms with van der Waals surface area (Å²) in [7, 11) is 0. The summed E-state index contributed by atoms with van der Waals surface area (Å²) < 4.78 is 0. The topological polar surface area (TPSA) is 0 Å². The van der Waals surface area contributed by atoms with Crippen LogP contribution in [0.2, 0.25) is 0 Å². The second kappa shape index (κ2) is 97.1. The molecule has 0 amide bonds. The van der Waals surface area contributed by atoms with Gasteiger partial charge in [0.1, 0.15) is 0 Å². The minimum absolute atomic E-state index is 1.08. The van der Waals surface area contributed by atoms with Crippen molar-refractivity contribution in [3.05, 3.63) is 101 Å². The van der Waals surface area contributed by atoms with E-state index >= 15 is 0 Å². The van der Waals surface area contributed by atoms with E-state index in [1.807, 2.05) is 48.6 Å². The number of hydrogen-bond donors (Lipinski definition) is 0. The molecule has 0 rings (SSSR count). The Kier molecular flexibility index (Phi) is 135. The van der Waals surface area contributed by atoms with Crippen LogP contribution in [0.5, 0.6) is 0 Å². The second-order valence-corrected chi connectivity index (χ2v) is 9.98. The van der Waals surface area contributed by atoms with E-state index in [0.717, 1.165) is 12.8 Å². The van der Waals surface area contributed by atoms with Gasteiger partial charge in [-0.25, -0.2) is 0 Å².